The quantitative estimate of drug-likeness (QED) is 0.323. The van der Waals surface area contributed by atoms with Crippen LogP contribution in [0.2, 0.25) is 0 Å². The average Bonchev–Trinajstić information content (AvgIpc) is 2.83. The van der Waals surface area contributed by atoms with Gasteiger partial charge in [-0.05, 0) is 72.7 Å². The van der Waals surface area contributed by atoms with E-state index in [0.29, 0.717) is 0 Å². The summed E-state index contributed by atoms with van der Waals surface area (Å²) in [6.45, 7) is 15.9. The van der Waals surface area contributed by atoms with Gasteiger partial charge in [-0.15, -0.1) is 0 Å². The van der Waals surface area contributed by atoms with Gasteiger partial charge in [-0.1, -0.05) is 112 Å². The van der Waals surface area contributed by atoms with E-state index in [4.69, 9.17) is 4.74 Å². The molecule has 0 unspecified atom stereocenters. The molecule has 0 bridgehead atoms. The standard InChI is InChI=1S/C11H22.C10H20O.C10H20S/c1-10(2)8-9-11-6-4-3-5-7-11;2*1-9(2)3-4-10-5-7-11-8-6-10/h10-11H,3-9H2,1-2H3;2*9-10H,3-8H2,1-2H3. The normalized spacial score (nSPS) is 21.0. The number of thioether (sulfide) groups is 1. The van der Waals surface area contributed by atoms with Gasteiger partial charge in [0.2, 0.25) is 0 Å². The number of hydrogen-bond donors (Lipinski definition) is 0. The molecule has 3 rings (SSSR count). The van der Waals surface area contributed by atoms with Crippen molar-refractivity contribution < 1.29 is 4.74 Å². The molecular formula is C31H62OS. The molecule has 1 saturated carbocycles. The minimum Gasteiger partial charge on any atom is -0.381 e. The van der Waals surface area contributed by atoms with Gasteiger partial charge in [0.15, 0.2) is 0 Å². The lowest BCUT2D eigenvalue weighted by Gasteiger charge is -2.22. The highest BCUT2D eigenvalue weighted by atomic mass is 32.2. The Morgan fingerprint density at radius 3 is 1.36 bits per heavy atom. The molecular weight excluding hydrogens is 420 g/mol. The van der Waals surface area contributed by atoms with Crippen LogP contribution in [0.25, 0.3) is 0 Å². The van der Waals surface area contributed by atoms with Crippen molar-refractivity contribution in [2.45, 2.75) is 138 Å². The van der Waals surface area contributed by atoms with Crippen molar-refractivity contribution in [1.82, 2.24) is 0 Å². The minimum absolute atomic E-state index is 0.873. The van der Waals surface area contributed by atoms with Crippen LogP contribution in [0.1, 0.15) is 138 Å². The highest BCUT2D eigenvalue weighted by Crippen LogP contribution is 2.29. The second-order valence-electron chi connectivity index (χ2n) is 12.5. The number of ether oxygens (including phenoxy) is 1. The molecule has 0 spiro atoms. The molecule has 1 nitrogen and oxygen atoms in total. The van der Waals surface area contributed by atoms with Crippen molar-refractivity contribution in [2.24, 2.45) is 35.5 Å². The Hall–Kier alpha value is 0.310. The molecule has 2 heteroatoms. The van der Waals surface area contributed by atoms with Crippen LogP contribution in [-0.4, -0.2) is 24.7 Å². The largest absolute Gasteiger partial charge is 0.381 e. The first-order valence-electron chi connectivity index (χ1n) is 15.0. The topological polar surface area (TPSA) is 9.23 Å². The van der Waals surface area contributed by atoms with Crippen molar-refractivity contribution in [3.63, 3.8) is 0 Å². The molecule has 0 amide bonds. The summed E-state index contributed by atoms with van der Waals surface area (Å²) in [5, 5.41) is 0. The maximum Gasteiger partial charge on any atom is 0.0468 e. The van der Waals surface area contributed by atoms with E-state index in [0.717, 1.165) is 48.7 Å². The molecule has 0 aromatic heterocycles. The van der Waals surface area contributed by atoms with Gasteiger partial charge in [0.1, 0.15) is 0 Å². The van der Waals surface area contributed by atoms with Gasteiger partial charge in [0.25, 0.3) is 0 Å². The molecule has 33 heavy (non-hydrogen) atoms. The van der Waals surface area contributed by atoms with Gasteiger partial charge >= 0.3 is 0 Å². The lowest BCUT2D eigenvalue weighted by atomic mass is 9.85. The van der Waals surface area contributed by atoms with E-state index in [2.05, 4.69) is 53.3 Å². The van der Waals surface area contributed by atoms with E-state index in [1.54, 1.807) is 0 Å². The number of hydrogen-bond acceptors (Lipinski definition) is 2. The molecule has 198 valence electrons. The van der Waals surface area contributed by atoms with E-state index in [9.17, 15) is 0 Å². The molecule has 3 aliphatic rings. The predicted molar refractivity (Wildman–Crippen MR) is 152 cm³/mol. The smallest absolute Gasteiger partial charge is 0.0468 e. The van der Waals surface area contributed by atoms with Crippen LogP contribution in [0.3, 0.4) is 0 Å². The Labute approximate surface area is 214 Å². The van der Waals surface area contributed by atoms with Crippen molar-refractivity contribution >= 4 is 11.8 Å². The fraction of sp³-hybridized carbons (Fsp3) is 1.00. The van der Waals surface area contributed by atoms with Crippen LogP contribution >= 0.6 is 11.8 Å². The summed E-state index contributed by atoms with van der Waals surface area (Å²) >= 11 is 2.13. The van der Waals surface area contributed by atoms with Gasteiger partial charge < -0.3 is 4.74 Å². The second kappa shape index (κ2) is 20.5. The summed E-state index contributed by atoms with van der Waals surface area (Å²) in [6, 6.07) is 0. The zero-order valence-electron chi connectivity index (χ0n) is 23.7. The summed E-state index contributed by atoms with van der Waals surface area (Å²) in [6.07, 6.45) is 21.8. The zero-order valence-corrected chi connectivity index (χ0v) is 24.5. The predicted octanol–water partition coefficient (Wildman–Crippen LogP) is 10.4. The minimum atomic E-state index is 0.873. The van der Waals surface area contributed by atoms with E-state index >= 15 is 0 Å². The molecule has 0 N–H and O–H groups in total. The van der Waals surface area contributed by atoms with E-state index in [1.807, 2.05) is 0 Å². The first-order valence-corrected chi connectivity index (χ1v) is 16.2. The molecule has 1 aliphatic carbocycles. The SMILES string of the molecule is CC(C)CCC1CCCCC1.CC(C)CCC1CCOCC1.CC(C)CCC1CCSCC1. The third kappa shape index (κ3) is 19.2. The first kappa shape index (κ1) is 31.3. The highest BCUT2D eigenvalue weighted by Gasteiger charge is 2.15. The molecule has 2 saturated heterocycles. The van der Waals surface area contributed by atoms with Gasteiger partial charge in [-0.2, -0.15) is 11.8 Å². The maximum absolute atomic E-state index is 5.31. The molecule has 2 heterocycles. The molecule has 3 fully saturated rings. The van der Waals surface area contributed by atoms with Crippen LogP contribution in [0.15, 0.2) is 0 Å². The van der Waals surface area contributed by atoms with E-state index < -0.39 is 0 Å². The summed E-state index contributed by atoms with van der Waals surface area (Å²) < 4.78 is 5.31. The Morgan fingerprint density at radius 2 is 0.939 bits per heavy atom. The maximum atomic E-state index is 5.31. The van der Waals surface area contributed by atoms with Crippen molar-refractivity contribution in [3.05, 3.63) is 0 Å². The Balaban J connectivity index is 0.000000247. The summed E-state index contributed by atoms with van der Waals surface area (Å²) in [7, 11) is 0. The highest BCUT2D eigenvalue weighted by molar-refractivity contribution is 7.99. The number of rotatable bonds is 9. The van der Waals surface area contributed by atoms with Crippen molar-refractivity contribution in [1.29, 1.82) is 0 Å². The summed E-state index contributed by atoms with van der Waals surface area (Å²) in [5.74, 6) is 8.65. The summed E-state index contributed by atoms with van der Waals surface area (Å²) in [4.78, 5) is 0. The lowest BCUT2D eigenvalue weighted by molar-refractivity contribution is 0.0623. The molecule has 0 radical (unpaired) electrons. The first-order chi connectivity index (χ1) is 15.9. The Kier molecular flexibility index (Phi) is 19.5. The monoisotopic (exact) mass is 482 g/mol. The third-order valence-corrected chi connectivity index (χ3v) is 8.91. The fourth-order valence-corrected chi connectivity index (χ4v) is 6.46. The van der Waals surface area contributed by atoms with Gasteiger partial charge in [0.05, 0.1) is 0 Å². The van der Waals surface area contributed by atoms with E-state index in [1.165, 1.54) is 108 Å². The Bertz CT molecular complexity index is 339. The Morgan fingerprint density at radius 1 is 0.545 bits per heavy atom. The lowest BCUT2D eigenvalue weighted by Crippen LogP contribution is -2.15. The van der Waals surface area contributed by atoms with Crippen LogP contribution in [-0.2, 0) is 4.74 Å². The van der Waals surface area contributed by atoms with Gasteiger partial charge in [-0.3, -0.25) is 0 Å². The molecule has 0 aromatic carbocycles. The third-order valence-electron chi connectivity index (χ3n) is 7.86. The van der Waals surface area contributed by atoms with Gasteiger partial charge in [0, 0.05) is 13.2 Å². The van der Waals surface area contributed by atoms with Gasteiger partial charge in [-0.25, -0.2) is 0 Å². The second-order valence-corrected chi connectivity index (χ2v) is 13.8. The zero-order chi connectivity index (χ0) is 24.3. The van der Waals surface area contributed by atoms with Crippen molar-refractivity contribution in [3.8, 4) is 0 Å². The average molecular weight is 483 g/mol. The van der Waals surface area contributed by atoms with E-state index in [-0.39, 0.29) is 0 Å². The van der Waals surface area contributed by atoms with Crippen LogP contribution < -0.4 is 0 Å². The van der Waals surface area contributed by atoms with Crippen molar-refractivity contribution in [2.75, 3.05) is 24.7 Å². The van der Waals surface area contributed by atoms with Crippen LogP contribution in [0.5, 0.6) is 0 Å². The summed E-state index contributed by atoms with van der Waals surface area (Å²) in [5.41, 5.74) is 0. The van der Waals surface area contributed by atoms with Crippen LogP contribution in [0.4, 0.5) is 0 Å². The molecule has 0 atom stereocenters. The van der Waals surface area contributed by atoms with Crippen LogP contribution in [0, 0.1) is 35.5 Å². The molecule has 2 aliphatic heterocycles. The molecule has 0 aromatic rings. The fourth-order valence-electron chi connectivity index (χ4n) is 5.25.